The Kier molecular flexibility index (Phi) is 6.00. The van der Waals surface area contributed by atoms with Crippen LogP contribution in [0.3, 0.4) is 0 Å². The Morgan fingerprint density at radius 3 is 2.78 bits per heavy atom. The monoisotopic (exact) mass is 382 g/mol. The number of halogens is 1. The first-order chi connectivity index (χ1) is 8.40. The topological polar surface area (TPSA) is 72.2 Å². The van der Waals surface area contributed by atoms with E-state index in [1.54, 1.807) is 12.3 Å². The molecule has 2 unspecified atom stereocenters. The van der Waals surface area contributed by atoms with E-state index in [4.69, 9.17) is 0 Å². The lowest BCUT2D eigenvalue weighted by Gasteiger charge is -2.14. The first-order valence-electron chi connectivity index (χ1n) is 5.40. The Labute approximate surface area is 122 Å². The number of rotatable bonds is 6. The lowest BCUT2D eigenvalue weighted by molar-refractivity contribution is -0.384. The van der Waals surface area contributed by atoms with Gasteiger partial charge in [0, 0.05) is 38.5 Å². The van der Waals surface area contributed by atoms with Gasteiger partial charge in [0.2, 0.25) is 0 Å². The van der Waals surface area contributed by atoms with E-state index in [0.717, 1.165) is 3.57 Å². The van der Waals surface area contributed by atoms with Crippen LogP contribution in [0.4, 0.5) is 11.4 Å². The molecule has 0 heterocycles. The minimum absolute atomic E-state index is 0.0488. The van der Waals surface area contributed by atoms with Crippen molar-refractivity contribution in [3.63, 3.8) is 0 Å². The van der Waals surface area contributed by atoms with Crippen molar-refractivity contribution in [1.82, 2.24) is 0 Å². The molecule has 0 aliphatic carbocycles. The largest absolute Gasteiger partial charge is 0.377 e. The molecule has 1 aromatic rings. The summed E-state index contributed by atoms with van der Waals surface area (Å²) in [6.45, 7) is 1.93. The zero-order valence-electron chi connectivity index (χ0n) is 10.2. The van der Waals surface area contributed by atoms with Crippen molar-refractivity contribution in [3.8, 4) is 0 Å². The molecular weight excluding hydrogens is 367 g/mol. The van der Waals surface area contributed by atoms with Crippen LogP contribution in [0.5, 0.6) is 0 Å². The summed E-state index contributed by atoms with van der Waals surface area (Å²) in [6, 6.07) is 5.11. The molecule has 0 amide bonds. The number of nitrogens with one attached hydrogen (secondary N) is 1. The number of hydrogen-bond acceptors (Lipinski definition) is 4. The van der Waals surface area contributed by atoms with Gasteiger partial charge in [-0.1, -0.05) is 0 Å². The van der Waals surface area contributed by atoms with Crippen molar-refractivity contribution in [2.45, 2.75) is 19.4 Å². The SMILES string of the molecule is CC(CCS(C)=O)Nc1ccc(I)cc1[N+](=O)[O-]. The van der Waals surface area contributed by atoms with Gasteiger partial charge in [0.15, 0.2) is 0 Å². The maximum Gasteiger partial charge on any atom is 0.293 e. The second-order valence-electron chi connectivity index (χ2n) is 4.03. The van der Waals surface area contributed by atoms with Crippen LogP contribution in [0.15, 0.2) is 18.2 Å². The quantitative estimate of drug-likeness (QED) is 0.467. The van der Waals surface area contributed by atoms with E-state index in [1.165, 1.54) is 6.07 Å². The van der Waals surface area contributed by atoms with Crippen LogP contribution >= 0.6 is 22.6 Å². The highest BCUT2D eigenvalue weighted by Crippen LogP contribution is 2.27. The van der Waals surface area contributed by atoms with Crippen molar-refractivity contribution in [2.75, 3.05) is 17.3 Å². The Morgan fingerprint density at radius 1 is 1.56 bits per heavy atom. The van der Waals surface area contributed by atoms with Crippen molar-refractivity contribution in [3.05, 3.63) is 31.9 Å². The minimum Gasteiger partial charge on any atom is -0.377 e. The number of benzene rings is 1. The first-order valence-corrected chi connectivity index (χ1v) is 8.21. The molecule has 0 aliphatic rings. The van der Waals surface area contributed by atoms with Gasteiger partial charge in [-0.25, -0.2) is 0 Å². The fourth-order valence-electron chi connectivity index (χ4n) is 1.46. The summed E-state index contributed by atoms with van der Waals surface area (Å²) >= 11 is 2.04. The normalized spacial score (nSPS) is 13.9. The van der Waals surface area contributed by atoms with Crippen LogP contribution in [0.2, 0.25) is 0 Å². The summed E-state index contributed by atoms with van der Waals surface area (Å²) in [4.78, 5) is 10.5. The molecule has 1 rings (SSSR count). The summed E-state index contributed by atoms with van der Waals surface area (Å²) in [7, 11) is -0.837. The lowest BCUT2D eigenvalue weighted by Crippen LogP contribution is -2.18. The van der Waals surface area contributed by atoms with Gasteiger partial charge in [-0.3, -0.25) is 14.3 Å². The molecule has 0 saturated carbocycles. The molecule has 1 N–H and O–H groups in total. The standard InChI is InChI=1S/C11H15IN2O3S/c1-8(5-6-18(2)17)13-10-4-3-9(12)7-11(10)14(15)16/h3-4,7-8,13H,5-6H2,1-2H3. The van der Waals surface area contributed by atoms with Gasteiger partial charge in [-0.2, -0.15) is 0 Å². The maximum atomic E-state index is 11.0. The summed E-state index contributed by atoms with van der Waals surface area (Å²) in [6.07, 6.45) is 2.37. The van der Waals surface area contributed by atoms with Gasteiger partial charge < -0.3 is 5.32 Å². The summed E-state index contributed by atoms with van der Waals surface area (Å²) in [5, 5.41) is 14.0. The van der Waals surface area contributed by atoms with Crippen molar-refractivity contribution < 1.29 is 9.13 Å². The van der Waals surface area contributed by atoms with E-state index in [0.29, 0.717) is 17.9 Å². The molecule has 0 aromatic heterocycles. The van der Waals surface area contributed by atoms with Gasteiger partial charge in [0.1, 0.15) is 5.69 Å². The molecule has 7 heteroatoms. The molecule has 1 aromatic carbocycles. The van der Waals surface area contributed by atoms with E-state index < -0.39 is 15.7 Å². The number of hydrogen-bond donors (Lipinski definition) is 1. The van der Waals surface area contributed by atoms with Crippen LogP contribution < -0.4 is 5.32 Å². The lowest BCUT2D eigenvalue weighted by atomic mass is 10.2. The number of nitro benzene ring substituents is 1. The summed E-state index contributed by atoms with van der Waals surface area (Å²) in [5.74, 6) is 0.590. The van der Waals surface area contributed by atoms with Gasteiger partial charge in [0.05, 0.1) is 4.92 Å². The third-order valence-electron chi connectivity index (χ3n) is 2.40. The zero-order chi connectivity index (χ0) is 13.7. The Morgan fingerprint density at radius 2 is 2.22 bits per heavy atom. The average molecular weight is 382 g/mol. The van der Waals surface area contributed by atoms with Crippen molar-refractivity contribution in [1.29, 1.82) is 0 Å². The molecule has 0 bridgehead atoms. The van der Waals surface area contributed by atoms with E-state index in [9.17, 15) is 14.3 Å². The molecule has 2 atom stereocenters. The Hall–Kier alpha value is -0.700. The highest BCUT2D eigenvalue weighted by atomic mass is 127. The molecule has 0 aliphatic heterocycles. The van der Waals surface area contributed by atoms with Crippen molar-refractivity contribution in [2.24, 2.45) is 0 Å². The third kappa shape index (κ3) is 4.89. The zero-order valence-corrected chi connectivity index (χ0v) is 13.2. The Balaban J connectivity index is 2.77. The van der Waals surface area contributed by atoms with Crippen LogP contribution in [0.25, 0.3) is 0 Å². The fraction of sp³-hybridized carbons (Fsp3) is 0.455. The second kappa shape index (κ2) is 7.03. The maximum absolute atomic E-state index is 11.0. The van der Waals surface area contributed by atoms with Gasteiger partial charge in [0.25, 0.3) is 5.69 Å². The summed E-state index contributed by atoms with van der Waals surface area (Å²) < 4.78 is 11.8. The highest BCUT2D eigenvalue weighted by Gasteiger charge is 2.15. The van der Waals surface area contributed by atoms with E-state index >= 15 is 0 Å². The number of nitro groups is 1. The average Bonchev–Trinajstić information content (AvgIpc) is 2.28. The van der Waals surface area contributed by atoms with Crippen LogP contribution in [0.1, 0.15) is 13.3 Å². The molecule has 18 heavy (non-hydrogen) atoms. The second-order valence-corrected chi connectivity index (χ2v) is 6.83. The van der Waals surface area contributed by atoms with E-state index in [2.05, 4.69) is 5.32 Å². The fourth-order valence-corrected chi connectivity index (χ4v) is 2.62. The van der Waals surface area contributed by atoms with Crippen LogP contribution in [0, 0.1) is 13.7 Å². The highest BCUT2D eigenvalue weighted by molar-refractivity contribution is 14.1. The number of anilines is 1. The number of nitrogens with zero attached hydrogens (tertiary/aromatic N) is 1. The van der Waals surface area contributed by atoms with E-state index in [1.807, 2.05) is 35.6 Å². The third-order valence-corrected chi connectivity index (χ3v) is 3.88. The summed E-state index contributed by atoms with van der Waals surface area (Å²) in [5.41, 5.74) is 0.584. The van der Waals surface area contributed by atoms with Gasteiger partial charge in [-0.15, -0.1) is 0 Å². The van der Waals surface area contributed by atoms with Gasteiger partial charge in [-0.05, 0) is 48.1 Å². The molecule has 5 nitrogen and oxygen atoms in total. The van der Waals surface area contributed by atoms with Crippen LogP contribution in [-0.2, 0) is 10.8 Å². The van der Waals surface area contributed by atoms with Crippen molar-refractivity contribution >= 4 is 44.8 Å². The predicted molar refractivity (Wildman–Crippen MR) is 82.4 cm³/mol. The van der Waals surface area contributed by atoms with Crippen LogP contribution in [-0.4, -0.2) is 27.2 Å². The van der Waals surface area contributed by atoms with E-state index in [-0.39, 0.29) is 11.7 Å². The Bertz CT molecular complexity index is 468. The molecule has 0 spiro atoms. The predicted octanol–water partition coefficient (Wildman–Crippen LogP) is 2.77. The molecule has 0 radical (unpaired) electrons. The smallest absolute Gasteiger partial charge is 0.293 e. The first kappa shape index (κ1) is 15.4. The molecule has 0 fully saturated rings. The molecule has 0 saturated heterocycles. The van der Waals surface area contributed by atoms with Gasteiger partial charge >= 0.3 is 0 Å². The minimum atomic E-state index is -0.837. The molecule has 100 valence electrons. The molecular formula is C11H15IN2O3S.